The number of rotatable bonds is 12. The Kier molecular flexibility index (Phi) is 11.1. The SMILES string of the molecule is C=CNC(/N=C\C)C(C/C=C1\OC(NC2CCCCC2)C(C(=O)OC(C)C)C1=O)CC(C)C. The summed E-state index contributed by atoms with van der Waals surface area (Å²) in [6.45, 7) is 13.6. The smallest absolute Gasteiger partial charge is 0.322 e. The molecular formula is C26H43N3O4. The maximum Gasteiger partial charge on any atom is 0.322 e. The molecule has 7 nitrogen and oxygen atoms in total. The predicted molar refractivity (Wildman–Crippen MR) is 132 cm³/mol. The molecule has 2 N–H and O–H groups in total. The summed E-state index contributed by atoms with van der Waals surface area (Å²) in [5, 5.41) is 6.64. The van der Waals surface area contributed by atoms with Gasteiger partial charge in [0.15, 0.2) is 17.9 Å². The molecule has 1 saturated carbocycles. The van der Waals surface area contributed by atoms with Crippen molar-refractivity contribution in [2.75, 3.05) is 0 Å². The van der Waals surface area contributed by atoms with E-state index in [9.17, 15) is 9.59 Å². The normalized spacial score (nSPS) is 24.9. The van der Waals surface area contributed by atoms with Gasteiger partial charge in [-0.25, -0.2) is 0 Å². The maximum atomic E-state index is 13.2. The van der Waals surface area contributed by atoms with E-state index in [4.69, 9.17) is 9.47 Å². The van der Waals surface area contributed by atoms with Crippen molar-refractivity contribution in [2.24, 2.45) is 22.7 Å². The lowest BCUT2D eigenvalue weighted by Crippen LogP contribution is -2.46. The van der Waals surface area contributed by atoms with Gasteiger partial charge in [0.2, 0.25) is 5.78 Å². The molecule has 0 radical (unpaired) electrons. The van der Waals surface area contributed by atoms with Gasteiger partial charge in [-0.15, -0.1) is 0 Å². The number of nitrogens with one attached hydrogen (secondary N) is 2. The summed E-state index contributed by atoms with van der Waals surface area (Å²) in [6, 6.07) is 0.249. The first kappa shape index (κ1) is 27.1. The molecule has 1 heterocycles. The highest BCUT2D eigenvalue weighted by Gasteiger charge is 2.47. The van der Waals surface area contributed by atoms with Crippen LogP contribution in [0.3, 0.4) is 0 Å². The fraction of sp³-hybridized carbons (Fsp3) is 0.731. The number of Topliss-reactive ketones (excluding diaryl/α,β-unsaturated/α-hetero) is 1. The van der Waals surface area contributed by atoms with Gasteiger partial charge in [-0.2, -0.15) is 0 Å². The minimum absolute atomic E-state index is 0.138. The lowest BCUT2D eigenvalue weighted by atomic mass is 9.90. The molecule has 1 aliphatic heterocycles. The van der Waals surface area contributed by atoms with Gasteiger partial charge < -0.3 is 14.8 Å². The lowest BCUT2D eigenvalue weighted by Gasteiger charge is -2.27. The van der Waals surface area contributed by atoms with Crippen LogP contribution in [0.5, 0.6) is 0 Å². The third-order valence-corrected chi connectivity index (χ3v) is 6.12. The number of ether oxygens (including phenoxy) is 2. The lowest BCUT2D eigenvalue weighted by molar-refractivity contribution is -0.156. The quantitative estimate of drug-likeness (QED) is 0.193. The van der Waals surface area contributed by atoms with Crippen molar-refractivity contribution in [3.05, 3.63) is 24.6 Å². The summed E-state index contributed by atoms with van der Waals surface area (Å²) in [7, 11) is 0. The molecule has 4 unspecified atom stereocenters. The van der Waals surface area contributed by atoms with Crippen molar-refractivity contribution in [3.63, 3.8) is 0 Å². The van der Waals surface area contributed by atoms with E-state index in [1.54, 1.807) is 26.3 Å². The third-order valence-electron chi connectivity index (χ3n) is 6.12. The Hall–Kier alpha value is -2.15. The van der Waals surface area contributed by atoms with Crippen LogP contribution in [-0.4, -0.2) is 42.5 Å². The van der Waals surface area contributed by atoms with Gasteiger partial charge >= 0.3 is 5.97 Å². The standard InChI is InChI=1S/C26H43N3O4/c1-7-27-24(28-8-2)19(16-17(3)4)14-15-21-23(30)22(26(31)32-18(5)6)25(33-21)29-20-12-10-9-11-13-20/h7-8,15,17-20,22,24-25,27,29H,1,9-14,16H2,2-6H3/b21-15-,28-8-. The molecule has 186 valence electrons. The number of hydrogen-bond donors (Lipinski definition) is 2. The monoisotopic (exact) mass is 461 g/mol. The van der Waals surface area contributed by atoms with E-state index in [1.165, 1.54) is 6.42 Å². The summed E-state index contributed by atoms with van der Waals surface area (Å²) < 4.78 is 11.5. The number of allylic oxidation sites excluding steroid dienone is 2. The molecule has 7 heteroatoms. The van der Waals surface area contributed by atoms with Crippen molar-refractivity contribution >= 4 is 18.0 Å². The largest absolute Gasteiger partial charge is 0.470 e. The van der Waals surface area contributed by atoms with Crippen LogP contribution in [0.4, 0.5) is 0 Å². The van der Waals surface area contributed by atoms with E-state index in [0.29, 0.717) is 12.3 Å². The van der Waals surface area contributed by atoms with E-state index < -0.39 is 18.1 Å². The van der Waals surface area contributed by atoms with Gasteiger partial charge in [-0.3, -0.25) is 19.9 Å². The molecule has 0 amide bonds. The third kappa shape index (κ3) is 8.29. The van der Waals surface area contributed by atoms with Crippen LogP contribution in [0.2, 0.25) is 0 Å². The molecule has 4 atom stereocenters. The maximum absolute atomic E-state index is 13.2. The van der Waals surface area contributed by atoms with Crippen LogP contribution in [-0.2, 0) is 19.1 Å². The minimum atomic E-state index is -0.972. The van der Waals surface area contributed by atoms with Gasteiger partial charge in [0.1, 0.15) is 6.17 Å². The molecule has 0 aromatic heterocycles. The van der Waals surface area contributed by atoms with Crippen molar-refractivity contribution in [1.29, 1.82) is 0 Å². The van der Waals surface area contributed by atoms with Crippen LogP contribution >= 0.6 is 0 Å². The first-order valence-electron chi connectivity index (χ1n) is 12.5. The minimum Gasteiger partial charge on any atom is -0.470 e. The fourth-order valence-corrected chi connectivity index (χ4v) is 4.67. The molecule has 0 bridgehead atoms. The summed E-state index contributed by atoms with van der Waals surface area (Å²) in [4.78, 5) is 30.6. The Morgan fingerprint density at radius 1 is 1.24 bits per heavy atom. The zero-order valence-electron chi connectivity index (χ0n) is 21.0. The van der Waals surface area contributed by atoms with Gasteiger partial charge in [-0.05, 0) is 70.9 Å². The average molecular weight is 462 g/mol. The first-order valence-corrected chi connectivity index (χ1v) is 12.5. The van der Waals surface area contributed by atoms with Gasteiger partial charge in [-0.1, -0.05) is 39.7 Å². The number of ketones is 1. The highest BCUT2D eigenvalue weighted by Crippen LogP contribution is 2.30. The van der Waals surface area contributed by atoms with E-state index in [0.717, 1.165) is 32.1 Å². The number of nitrogens with zero attached hydrogens (tertiary/aromatic N) is 1. The number of esters is 1. The highest BCUT2D eigenvalue weighted by molar-refractivity contribution is 6.09. The summed E-state index contributed by atoms with van der Waals surface area (Å²) in [6.07, 6.45) is 11.2. The fourth-order valence-electron chi connectivity index (χ4n) is 4.67. The topological polar surface area (TPSA) is 89.0 Å². The Morgan fingerprint density at radius 3 is 2.52 bits per heavy atom. The van der Waals surface area contributed by atoms with Crippen LogP contribution in [0.25, 0.3) is 0 Å². The number of aliphatic imine (C=N–C) groups is 1. The summed E-state index contributed by atoms with van der Waals surface area (Å²) in [5.74, 6) is -0.934. The molecule has 2 fully saturated rings. The molecule has 0 spiro atoms. The second-order valence-corrected chi connectivity index (χ2v) is 9.78. The Labute approximate surface area is 199 Å². The molecular weight excluding hydrogens is 418 g/mol. The highest BCUT2D eigenvalue weighted by atomic mass is 16.6. The van der Waals surface area contributed by atoms with Crippen molar-refractivity contribution in [2.45, 2.75) is 104 Å². The van der Waals surface area contributed by atoms with Crippen molar-refractivity contribution in [1.82, 2.24) is 10.6 Å². The Morgan fingerprint density at radius 2 is 1.94 bits per heavy atom. The number of carbonyl (C=O) groups is 2. The van der Waals surface area contributed by atoms with Gasteiger partial charge in [0, 0.05) is 12.0 Å². The van der Waals surface area contributed by atoms with E-state index in [1.807, 2.05) is 13.0 Å². The van der Waals surface area contributed by atoms with E-state index >= 15 is 0 Å². The molecule has 0 aromatic rings. The van der Waals surface area contributed by atoms with Crippen molar-refractivity contribution in [3.8, 4) is 0 Å². The van der Waals surface area contributed by atoms with Crippen LogP contribution in [0.1, 0.15) is 79.6 Å². The second-order valence-electron chi connectivity index (χ2n) is 9.78. The second kappa shape index (κ2) is 13.5. The Balaban J connectivity index is 2.22. The van der Waals surface area contributed by atoms with E-state index in [-0.39, 0.29) is 35.8 Å². The zero-order valence-corrected chi connectivity index (χ0v) is 21.0. The molecule has 2 rings (SSSR count). The van der Waals surface area contributed by atoms with Crippen LogP contribution in [0, 0.1) is 17.8 Å². The number of hydrogen-bond acceptors (Lipinski definition) is 7. The van der Waals surface area contributed by atoms with Gasteiger partial charge in [0.25, 0.3) is 0 Å². The predicted octanol–water partition coefficient (Wildman–Crippen LogP) is 4.49. The summed E-state index contributed by atoms with van der Waals surface area (Å²) >= 11 is 0. The van der Waals surface area contributed by atoms with Crippen molar-refractivity contribution < 1.29 is 19.1 Å². The molecule has 0 aromatic carbocycles. The van der Waals surface area contributed by atoms with Gasteiger partial charge in [0.05, 0.1) is 6.10 Å². The molecule has 2 aliphatic rings. The molecule has 33 heavy (non-hydrogen) atoms. The molecule has 1 aliphatic carbocycles. The Bertz CT molecular complexity index is 710. The average Bonchev–Trinajstić information content (AvgIpc) is 3.06. The number of carbonyl (C=O) groups excluding carboxylic acids is 2. The zero-order chi connectivity index (χ0) is 24.4. The first-order chi connectivity index (χ1) is 15.8. The molecule has 1 saturated heterocycles. The van der Waals surface area contributed by atoms with E-state index in [2.05, 4.69) is 36.1 Å². The summed E-state index contributed by atoms with van der Waals surface area (Å²) in [5.41, 5.74) is 0. The van der Waals surface area contributed by atoms with Crippen LogP contribution in [0.15, 0.2) is 29.6 Å². The van der Waals surface area contributed by atoms with Crippen LogP contribution < -0.4 is 10.6 Å².